The lowest BCUT2D eigenvalue weighted by Gasteiger charge is -2.35. The number of methoxy groups -OCH3 is 2. The van der Waals surface area contributed by atoms with E-state index < -0.39 is 16.1 Å². The van der Waals surface area contributed by atoms with Crippen molar-refractivity contribution < 1.29 is 27.7 Å². The summed E-state index contributed by atoms with van der Waals surface area (Å²) in [6.45, 7) is 2.30. The van der Waals surface area contributed by atoms with Crippen molar-refractivity contribution in [3.63, 3.8) is 0 Å². The predicted octanol–water partition coefficient (Wildman–Crippen LogP) is 1.45. The van der Waals surface area contributed by atoms with Gasteiger partial charge in [-0.3, -0.25) is 4.90 Å². The molecule has 3 rings (SSSR count). The first-order chi connectivity index (χ1) is 14.4. The molecule has 30 heavy (non-hydrogen) atoms. The van der Waals surface area contributed by atoms with Gasteiger partial charge in [0.15, 0.2) is 0 Å². The van der Waals surface area contributed by atoms with Crippen LogP contribution in [0.3, 0.4) is 0 Å². The van der Waals surface area contributed by atoms with Crippen molar-refractivity contribution in [2.45, 2.75) is 11.0 Å². The SMILES string of the molecule is COc1ccc(OC)c(S(=O)(=O)N2CCN(C[C@@H](O)COc3ccccc3)CC2)c1. The fourth-order valence-electron chi connectivity index (χ4n) is 3.34. The van der Waals surface area contributed by atoms with E-state index in [9.17, 15) is 13.5 Å². The van der Waals surface area contributed by atoms with Crippen molar-refractivity contribution in [3.05, 3.63) is 48.5 Å². The fraction of sp³-hybridized carbons (Fsp3) is 0.429. The molecule has 2 aromatic rings. The molecular formula is C21H28N2O6S. The highest BCUT2D eigenvalue weighted by Crippen LogP contribution is 2.31. The Morgan fingerprint density at radius 2 is 1.67 bits per heavy atom. The molecule has 1 atom stereocenters. The Hall–Kier alpha value is -2.33. The molecule has 164 valence electrons. The molecular weight excluding hydrogens is 408 g/mol. The summed E-state index contributed by atoms with van der Waals surface area (Å²) in [5.74, 6) is 1.45. The molecule has 1 aliphatic heterocycles. The highest BCUT2D eigenvalue weighted by atomic mass is 32.2. The third-order valence-electron chi connectivity index (χ3n) is 4.97. The third kappa shape index (κ3) is 5.42. The molecule has 0 aliphatic carbocycles. The minimum Gasteiger partial charge on any atom is -0.497 e. The molecule has 9 heteroatoms. The highest BCUT2D eigenvalue weighted by Gasteiger charge is 2.31. The quantitative estimate of drug-likeness (QED) is 0.636. The van der Waals surface area contributed by atoms with E-state index in [-0.39, 0.29) is 17.3 Å². The molecule has 0 unspecified atom stereocenters. The zero-order valence-corrected chi connectivity index (χ0v) is 18.0. The molecule has 2 aromatic carbocycles. The Labute approximate surface area is 177 Å². The fourth-order valence-corrected chi connectivity index (χ4v) is 4.93. The first kappa shape index (κ1) is 22.4. The summed E-state index contributed by atoms with van der Waals surface area (Å²) < 4.78 is 43.7. The van der Waals surface area contributed by atoms with Crippen LogP contribution in [-0.2, 0) is 10.0 Å². The Balaban J connectivity index is 1.56. The van der Waals surface area contributed by atoms with Gasteiger partial charge in [0.25, 0.3) is 0 Å². The van der Waals surface area contributed by atoms with Crippen molar-refractivity contribution in [3.8, 4) is 17.2 Å². The normalized spacial score (nSPS) is 16.8. The van der Waals surface area contributed by atoms with Crippen LogP contribution in [0.2, 0.25) is 0 Å². The first-order valence-corrected chi connectivity index (χ1v) is 11.2. The van der Waals surface area contributed by atoms with Crippen molar-refractivity contribution in [1.29, 1.82) is 0 Å². The number of β-amino-alcohol motifs (C(OH)–C–C–N with tert-alkyl or cyclic N) is 1. The second kappa shape index (κ2) is 10.1. The lowest BCUT2D eigenvalue weighted by molar-refractivity contribution is 0.0569. The molecule has 1 saturated heterocycles. The van der Waals surface area contributed by atoms with Crippen LogP contribution in [0.25, 0.3) is 0 Å². The van der Waals surface area contributed by atoms with E-state index in [2.05, 4.69) is 0 Å². The molecule has 0 saturated carbocycles. The number of para-hydroxylation sites is 1. The topological polar surface area (TPSA) is 88.5 Å². The van der Waals surface area contributed by atoms with Gasteiger partial charge in [0, 0.05) is 38.8 Å². The number of piperazine rings is 1. The van der Waals surface area contributed by atoms with Crippen molar-refractivity contribution in [1.82, 2.24) is 9.21 Å². The molecule has 0 bridgehead atoms. The standard InChI is InChI=1S/C21H28N2O6S/c1-27-19-8-9-20(28-2)21(14-19)30(25,26)23-12-10-22(11-13-23)15-17(24)16-29-18-6-4-3-5-7-18/h3-9,14,17,24H,10-13,15-16H2,1-2H3/t17-/m1/s1. The minimum atomic E-state index is -3.72. The summed E-state index contributed by atoms with van der Waals surface area (Å²) in [5, 5.41) is 10.3. The number of nitrogens with zero attached hydrogens (tertiary/aromatic N) is 2. The summed E-state index contributed by atoms with van der Waals surface area (Å²) in [4.78, 5) is 2.13. The van der Waals surface area contributed by atoms with E-state index in [1.54, 1.807) is 12.1 Å². The van der Waals surface area contributed by atoms with Gasteiger partial charge in [0.1, 0.15) is 34.9 Å². The van der Waals surface area contributed by atoms with Crippen LogP contribution in [0.15, 0.2) is 53.4 Å². The van der Waals surface area contributed by atoms with Gasteiger partial charge < -0.3 is 19.3 Å². The smallest absolute Gasteiger partial charge is 0.246 e. The van der Waals surface area contributed by atoms with E-state index in [1.165, 1.54) is 24.6 Å². The molecule has 1 N–H and O–H groups in total. The molecule has 8 nitrogen and oxygen atoms in total. The molecule has 0 radical (unpaired) electrons. The van der Waals surface area contributed by atoms with Crippen molar-refractivity contribution in [2.24, 2.45) is 0 Å². The van der Waals surface area contributed by atoms with Gasteiger partial charge in [-0.1, -0.05) is 18.2 Å². The maximum Gasteiger partial charge on any atom is 0.246 e. The molecule has 0 aromatic heterocycles. The van der Waals surface area contributed by atoms with Gasteiger partial charge >= 0.3 is 0 Å². The average Bonchev–Trinajstić information content (AvgIpc) is 2.78. The number of benzene rings is 2. The third-order valence-corrected chi connectivity index (χ3v) is 6.89. The second-order valence-corrected chi connectivity index (χ2v) is 8.91. The van der Waals surface area contributed by atoms with Crippen molar-refractivity contribution >= 4 is 10.0 Å². The maximum absolute atomic E-state index is 13.1. The Kier molecular flexibility index (Phi) is 7.54. The number of hydrogen-bond donors (Lipinski definition) is 1. The zero-order chi connectivity index (χ0) is 21.6. The number of aliphatic hydroxyl groups is 1. The predicted molar refractivity (Wildman–Crippen MR) is 113 cm³/mol. The average molecular weight is 437 g/mol. The van der Waals surface area contributed by atoms with E-state index in [0.717, 1.165) is 0 Å². The summed E-state index contributed by atoms with van der Waals surface area (Å²) >= 11 is 0. The number of aliphatic hydroxyl groups excluding tert-OH is 1. The van der Waals surface area contributed by atoms with Crippen LogP contribution >= 0.6 is 0 Å². The summed E-state index contributed by atoms with van der Waals surface area (Å²) in [6.07, 6.45) is -0.660. The van der Waals surface area contributed by atoms with Gasteiger partial charge in [-0.15, -0.1) is 0 Å². The van der Waals surface area contributed by atoms with Crippen LogP contribution in [-0.4, -0.2) is 82.4 Å². The monoisotopic (exact) mass is 436 g/mol. The van der Waals surface area contributed by atoms with Crippen molar-refractivity contribution in [2.75, 3.05) is 53.6 Å². The zero-order valence-electron chi connectivity index (χ0n) is 17.2. The van der Waals surface area contributed by atoms with Crippen LogP contribution in [0.4, 0.5) is 0 Å². The first-order valence-electron chi connectivity index (χ1n) is 9.74. The Morgan fingerprint density at radius 1 is 0.967 bits per heavy atom. The van der Waals surface area contributed by atoms with Crippen LogP contribution in [0, 0.1) is 0 Å². The van der Waals surface area contributed by atoms with Crippen LogP contribution < -0.4 is 14.2 Å². The van der Waals surface area contributed by atoms with Gasteiger partial charge in [-0.2, -0.15) is 4.31 Å². The second-order valence-electron chi connectivity index (χ2n) is 7.00. The van der Waals surface area contributed by atoms with E-state index in [4.69, 9.17) is 14.2 Å². The lowest BCUT2D eigenvalue weighted by atomic mass is 10.3. The number of ether oxygens (including phenoxy) is 3. The molecule has 0 amide bonds. The number of rotatable bonds is 9. The van der Waals surface area contributed by atoms with E-state index in [0.29, 0.717) is 44.2 Å². The van der Waals surface area contributed by atoms with Gasteiger partial charge in [0.05, 0.1) is 14.2 Å². The van der Waals surface area contributed by atoms with Crippen LogP contribution in [0.1, 0.15) is 0 Å². The number of hydrogen-bond acceptors (Lipinski definition) is 7. The summed E-state index contributed by atoms with van der Waals surface area (Å²) in [5.41, 5.74) is 0. The highest BCUT2D eigenvalue weighted by molar-refractivity contribution is 7.89. The van der Waals surface area contributed by atoms with Gasteiger partial charge in [0.2, 0.25) is 10.0 Å². The van der Waals surface area contributed by atoms with E-state index >= 15 is 0 Å². The summed E-state index contributed by atoms with van der Waals surface area (Å²) in [7, 11) is -0.789. The van der Waals surface area contributed by atoms with E-state index in [1.807, 2.05) is 35.2 Å². The Morgan fingerprint density at radius 3 is 2.30 bits per heavy atom. The largest absolute Gasteiger partial charge is 0.497 e. The lowest BCUT2D eigenvalue weighted by Crippen LogP contribution is -2.50. The van der Waals surface area contributed by atoms with Gasteiger partial charge in [-0.25, -0.2) is 8.42 Å². The molecule has 1 fully saturated rings. The number of sulfonamides is 1. The molecule has 0 spiro atoms. The minimum absolute atomic E-state index is 0.0918. The molecule has 1 heterocycles. The summed E-state index contributed by atoms with van der Waals surface area (Å²) in [6, 6.07) is 14.0. The maximum atomic E-state index is 13.1. The van der Waals surface area contributed by atoms with Gasteiger partial charge in [-0.05, 0) is 24.3 Å². The Bertz CT molecular complexity index is 914. The van der Waals surface area contributed by atoms with Crippen LogP contribution in [0.5, 0.6) is 17.2 Å². The molecule has 1 aliphatic rings.